The van der Waals surface area contributed by atoms with Crippen molar-refractivity contribution in [2.24, 2.45) is 0 Å². The van der Waals surface area contributed by atoms with E-state index in [0.29, 0.717) is 0 Å². The molecule has 1 radical (unpaired) electrons. The molecule has 4 rings (SSSR count). The van der Waals surface area contributed by atoms with Gasteiger partial charge in [-0.3, -0.25) is 9.59 Å². The standard InChI is InChI=1S/C15H10F2O4.C12H10B/c16-10-1-5-12(6-2-10)20-14(18)9-15(19)21-13-7-3-11(17)4-8-13;1-3-7-11(8-4-1)13-12-9-5-2-6-10-12/h1-8H,9H2;1-10H. The molecule has 0 bridgehead atoms. The summed E-state index contributed by atoms with van der Waals surface area (Å²) in [5.41, 5.74) is 2.49. The number of esters is 2. The molecule has 0 saturated heterocycles. The summed E-state index contributed by atoms with van der Waals surface area (Å²) in [5.74, 6) is -2.37. The molecule has 0 N–H and O–H groups in total. The summed E-state index contributed by atoms with van der Waals surface area (Å²) in [6, 6.07) is 30.2. The molecular weight excluding hydrogens is 437 g/mol. The van der Waals surface area contributed by atoms with E-state index in [1.54, 1.807) is 0 Å². The fourth-order valence-electron chi connectivity index (χ4n) is 2.75. The number of hydrogen-bond donors (Lipinski definition) is 0. The predicted molar refractivity (Wildman–Crippen MR) is 127 cm³/mol. The molecule has 0 saturated carbocycles. The first-order valence-corrected chi connectivity index (χ1v) is 10.4. The van der Waals surface area contributed by atoms with Gasteiger partial charge in [-0.2, -0.15) is 0 Å². The van der Waals surface area contributed by atoms with Crippen LogP contribution in [0.4, 0.5) is 8.78 Å². The summed E-state index contributed by atoms with van der Waals surface area (Å²) in [7, 11) is 2.17. The summed E-state index contributed by atoms with van der Waals surface area (Å²) < 4.78 is 35.0. The molecule has 0 spiro atoms. The molecule has 7 heteroatoms. The van der Waals surface area contributed by atoms with Crippen molar-refractivity contribution in [3.63, 3.8) is 0 Å². The lowest BCUT2D eigenvalue weighted by atomic mass is 9.64. The Kier molecular flexibility index (Phi) is 9.11. The van der Waals surface area contributed by atoms with Crippen molar-refractivity contribution in [3.8, 4) is 11.5 Å². The highest BCUT2D eigenvalue weighted by molar-refractivity contribution is 6.67. The summed E-state index contributed by atoms with van der Waals surface area (Å²) in [5, 5.41) is 0. The van der Waals surface area contributed by atoms with Crippen molar-refractivity contribution in [3.05, 3.63) is 121 Å². The van der Waals surface area contributed by atoms with E-state index in [-0.39, 0.29) is 11.5 Å². The lowest BCUT2D eigenvalue weighted by molar-refractivity contribution is -0.144. The van der Waals surface area contributed by atoms with Crippen LogP contribution in [-0.4, -0.2) is 19.2 Å². The molecule has 0 aliphatic heterocycles. The molecule has 0 aromatic heterocycles. The van der Waals surface area contributed by atoms with E-state index in [1.807, 2.05) is 12.1 Å². The van der Waals surface area contributed by atoms with Gasteiger partial charge in [0.1, 0.15) is 29.6 Å². The number of halogens is 2. The first-order valence-electron chi connectivity index (χ1n) is 10.4. The quantitative estimate of drug-likeness (QED) is 0.189. The van der Waals surface area contributed by atoms with Crippen LogP contribution in [0.1, 0.15) is 6.42 Å². The van der Waals surface area contributed by atoms with Crippen molar-refractivity contribution >= 4 is 30.1 Å². The molecule has 169 valence electrons. The maximum atomic E-state index is 12.7. The third-order valence-corrected chi connectivity index (χ3v) is 4.31. The van der Waals surface area contributed by atoms with E-state index in [9.17, 15) is 18.4 Å². The van der Waals surface area contributed by atoms with Crippen LogP contribution in [0.25, 0.3) is 0 Å². The maximum absolute atomic E-state index is 12.7. The average molecular weight is 457 g/mol. The monoisotopic (exact) mass is 457 g/mol. The lowest BCUT2D eigenvalue weighted by Gasteiger charge is -2.05. The Bertz CT molecular complexity index is 1090. The summed E-state index contributed by atoms with van der Waals surface area (Å²) in [6.07, 6.45) is -0.616. The van der Waals surface area contributed by atoms with Crippen LogP contribution in [0.5, 0.6) is 11.5 Å². The van der Waals surface area contributed by atoms with Crippen LogP contribution in [0.3, 0.4) is 0 Å². The third kappa shape index (κ3) is 8.71. The Morgan fingerprint density at radius 2 is 0.912 bits per heavy atom. The lowest BCUT2D eigenvalue weighted by Crippen LogP contribution is -2.26. The Morgan fingerprint density at radius 1 is 0.559 bits per heavy atom. The molecular formula is C27H20BF2O4. The predicted octanol–water partition coefficient (Wildman–Crippen LogP) is 4.21. The molecule has 0 heterocycles. The van der Waals surface area contributed by atoms with Crippen molar-refractivity contribution in [2.45, 2.75) is 6.42 Å². The Balaban J connectivity index is 0.000000212. The smallest absolute Gasteiger partial charge is 0.322 e. The van der Waals surface area contributed by atoms with E-state index in [4.69, 9.17) is 9.47 Å². The SMILES string of the molecule is O=C(CC(=O)Oc1ccc(F)cc1)Oc1ccc(F)cc1.[B](c1ccccc1)c1ccccc1. The van der Waals surface area contributed by atoms with Gasteiger partial charge in [0.05, 0.1) is 0 Å². The van der Waals surface area contributed by atoms with Gasteiger partial charge < -0.3 is 9.47 Å². The van der Waals surface area contributed by atoms with Crippen LogP contribution in [0.15, 0.2) is 109 Å². The van der Waals surface area contributed by atoms with Crippen molar-refractivity contribution in [1.82, 2.24) is 0 Å². The first-order chi connectivity index (χ1) is 16.5. The second-order valence-electron chi connectivity index (χ2n) is 7.00. The number of hydrogen-bond acceptors (Lipinski definition) is 4. The van der Waals surface area contributed by atoms with E-state index >= 15 is 0 Å². The second-order valence-corrected chi connectivity index (χ2v) is 7.00. The van der Waals surface area contributed by atoms with Gasteiger partial charge in [0.15, 0.2) is 7.28 Å². The van der Waals surface area contributed by atoms with Crippen molar-refractivity contribution in [1.29, 1.82) is 0 Å². The van der Waals surface area contributed by atoms with Crippen molar-refractivity contribution < 1.29 is 27.8 Å². The number of benzene rings is 4. The van der Waals surface area contributed by atoms with Gasteiger partial charge in [-0.05, 0) is 48.5 Å². The number of ether oxygens (including phenoxy) is 2. The second kappa shape index (κ2) is 12.7. The van der Waals surface area contributed by atoms with Crippen LogP contribution >= 0.6 is 0 Å². The minimum Gasteiger partial charge on any atom is -0.426 e. The fourth-order valence-corrected chi connectivity index (χ4v) is 2.75. The van der Waals surface area contributed by atoms with Crippen molar-refractivity contribution in [2.75, 3.05) is 0 Å². The van der Waals surface area contributed by atoms with Gasteiger partial charge >= 0.3 is 11.9 Å². The molecule has 0 aliphatic carbocycles. The third-order valence-electron chi connectivity index (χ3n) is 4.31. The zero-order valence-electron chi connectivity index (χ0n) is 18.1. The molecule has 4 aromatic rings. The number of carbonyl (C=O) groups is 2. The Hall–Kier alpha value is -4.26. The highest BCUT2D eigenvalue weighted by atomic mass is 19.1. The van der Waals surface area contributed by atoms with E-state index in [1.165, 1.54) is 35.2 Å². The van der Waals surface area contributed by atoms with E-state index in [2.05, 4.69) is 55.8 Å². The molecule has 0 fully saturated rings. The summed E-state index contributed by atoms with van der Waals surface area (Å²) in [6.45, 7) is 0. The van der Waals surface area contributed by atoms with Crippen LogP contribution in [0, 0.1) is 11.6 Å². The average Bonchev–Trinajstić information content (AvgIpc) is 2.84. The van der Waals surface area contributed by atoms with Gasteiger partial charge in [0, 0.05) is 0 Å². The fraction of sp³-hybridized carbons (Fsp3) is 0.0370. The Labute approximate surface area is 197 Å². The zero-order valence-corrected chi connectivity index (χ0v) is 18.1. The van der Waals surface area contributed by atoms with Gasteiger partial charge in [-0.25, -0.2) is 8.78 Å². The van der Waals surface area contributed by atoms with Crippen LogP contribution in [-0.2, 0) is 9.59 Å². The molecule has 0 amide bonds. The van der Waals surface area contributed by atoms with Crippen LogP contribution in [0.2, 0.25) is 0 Å². The first kappa shape index (κ1) is 24.4. The van der Waals surface area contributed by atoms with Gasteiger partial charge in [-0.1, -0.05) is 71.6 Å². The molecule has 4 nitrogen and oxygen atoms in total. The van der Waals surface area contributed by atoms with E-state index in [0.717, 1.165) is 24.3 Å². The van der Waals surface area contributed by atoms with Gasteiger partial charge in [0.2, 0.25) is 0 Å². The summed E-state index contributed by atoms with van der Waals surface area (Å²) >= 11 is 0. The molecule has 4 aromatic carbocycles. The summed E-state index contributed by atoms with van der Waals surface area (Å²) in [4.78, 5) is 23.0. The molecule has 0 aliphatic rings. The highest BCUT2D eigenvalue weighted by Gasteiger charge is 2.14. The van der Waals surface area contributed by atoms with Gasteiger partial charge in [0.25, 0.3) is 0 Å². The number of carbonyl (C=O) groups excluding carboxylic acids is 2. The van der Waals surface area contributed by atoms with E-state index < -0.39 is 30.0 Å². The molecule has 0 unspecified atom stereocenters. The normalized spacial score (nSPS) is 9.82. The minimum atomic E-state index is -0.839. The largest absolute Gasteiger partial charge is 0.426 e. The Morgan fingerprint density at radius 3 is 1.26 bits per heavy atom. The molecule has 0 atom stereocenters. The minimum absolute atomic E-state index is 0.121. The topological polar surface area (TPSA) is 52.6 Å². The van der Waals surface area contributed by atoms with Crippen LogP contribution < -0.4 is 20.4 Å². The maximum Gasteiger partial charge on any atom is 0.322 e. The highest BCUT2D eigenvalue weighted by Crippen LogP contribution is 2.14. The number of rotatable bonds is 6. The molecule has 34 heavy (non-hydrogen) atoms. The zero-order chi connectivity index (χ0) is 24.2. The van der Waals surface area contributed by atoms with Gasteiger partial charge in [-0.15, -0.1) is 0 Å².